The molecule has 0 saturated heterocycles. The Balaban J connectivity index is -0.000000135. The molecule has 0 aliphatic rings. The first-order valence-electron chi connectivity index (χ1n) is 2.69. The standard InChI is InChI=1S/C3H9O5Si2.3Na/c1-9(2,3)7-8-10(4,5)6;;;/h1-3H3;;;/q-3;3*+1. The maximum Gasteiger partial charge on any atom is 1.00 e. The van der Waals surface area contributed by atoms with E-state index in [1.54, 1.807) is 19.6 Å². The first-order valence-corrected chi connectivity index (χ1v) is 7.73. The van der Waals surface area contributed by atoms with Crippen molar-refractivity contribution in [1.82, 2.24) is 0 Å². The van der Waals surface area contributed by atoms with Crippen molar-refractivity contribution in [2.24, 2.45) is 0 Å². The average molecular weight is 250 g/mol. The smallest absolute Gasteiger partial charge is 0.859 e. The van der Waals surface area contributed by atoms with Gasteiger partial charge in [-0.2, -0.15) is 0 Å². The number of hydrogen-bond acceptors (Lipinski definition) is 5. The van der Waals surface area contributed by atoms with Crippen molar-refractivity contribution >= 4 is 17.4 Å². The van der Waals surface area contributed by atoms with Crippen LogP contribution in [0.4, 0.5) is 0 Å². The third kappa shape index (κ3) is 25.5. The van der Waals surface area contributed by atoms with Crippen LogP contribution in [0.15, 0.2) is 0 Å². The van der Waals surface area contributed by atoms with Crippen LogP contribution in [0.1, 0.15) is 0 Å². The van der Waals surface area contributed by atoms with E-state index in [9.17, 15) is 14.4 Å². The monoisotopic (exact) mass is 250 g/mol. The van der Waals surface area contributed by atoms with Gasteiger partial charge in [0.25, 0.3) is 0 Å². The summed E-state index contributed by atoms with van der Waals surface area (Å²) in [5, 5.41) is 0. The van der Waals surface area contributed by atoms with E-state index in [-0.39, 0.29) is 88.7 Å². The van der Waals surface area contributed by atoms with Crippen molar-refractivity contribution in [2.75, 3.05) is 0 Å². The first-order chi connectivity index (χ1) is 4.21. The molecule has 0 aliphatic heterocycles. The minimum atomic E-state index is -5.20. The second-order valence-corrected chi connectivity index (χ2v) is 8.34. The van der Waals surface area contributed by atoms with Crippen molar-refractivity contribution < 1.29 is 112 Å². The Morgan fingerprint density at radius 2 is 1.08 bits per heavy atom. The Bertz CT molecular complexity index is 98.6. The molecule has 0 fully saturated rings. The summed E-state index contributed by atoms with van der Waals surface area (Å²) in [6.45, 7) is 5.10. The van der Waals surface area contributed by atoms with Gasteiger partial charge in [-0.25, -0.2) is 0 Å². The third-order valence-corrected chi connectivity index (χ3v) is 1.43. The van der Waals surface area contributed by atoms with E-state index in [0.29, 0.717) is 0 Å². The van der Waals surface area contributed by atoms with E-state index < -0.39 is 17.4 Å². The molecular formula is C3H9Na3O5Si2. The van der Waals surface area contributed by atoms with Crippen LogP contribution >= 0.6 is 0 Å². The van der Waals surface area contributed by atoms with Gasteiger partial charge in [-0.1, -0.05) is 9.05 Å². The molecule has 0 spiro atoms. The maximum absolute atomic E-state index is 9.85. The molecule has 0 aromatic carbocycles. The van der Waals surface area contributed by atoms with Crippen molar-refractivity contribution in [1.29, 1.82) is 0 Å². The second-order valence-electron chi connectivity index (χ2n) is 2.78. The Hall–Kier alpha value is 3.23. The molecule has 0 heterocycles. The van der Waals surface area contributed by atoms with Gasteiger partial charge in [-0.15, -0.1) is 0 Å². The van der Waals surface area contributed by atoms with Crippen molar-refractivity contribution in [2.45, 2.75) is 19.6 Å². The van der Waals surface area contributed by atoms with Gasteiger partial charge in [0.2, 0.25) is 8.32 Å². The fourth-order valence-electron chi connectivity index (χ4n) is 0.176. The van der Waals surface area contributed by atoms with Crippen LogP contribution in [0.2, 0.25) is 19.6 Å². The van der Waals surface area contributed by atoms with Crippen LogP contribution in [-0.2, 0) is 9.15 Å². The van der Waals surface area contributed by atoms with Crippen molar-refractivity contribution in [3.8, 4) is 0 Å². The van der Waals surface area contributed by atoms with Gasteiger partial charge in [0.05, 0.1) is 0 Å². The van der Waals surface area contributed by atoms with Crippen LogP contribution in [0.3, 0.4) is 0 Å². The van der Waals surface area contributed by atoms with Crippen LogP contribution in [0.5, 0.6) is 0 Å². The zero-order chi connectivity index (χ0) is 8.41. The predicted molar refractivity (Wildman–Crippen MR) is 31.3 cm³/mol. The van der Waals surface area contributed by atoms with Crippen LogP contribution in [0.25, 0.3) is 0 Å². The molecule has 0 aromatic rings. The molecule has 0 N–H and O–H groups in total. The zero-order valence-electron chi connectivity index (χ0n) is 9.04. The molecule has 0 bridgehead atoms. The molecule has 0 rings (SSSR count). The Kier molecular flexibility index (Phi) is 20.1. The maximum atomic E-state index is 9.85. The molecule has 0 amide bonds. The summed E-state index contributed by atoms with van der Waals surface area (Å²) >= 11 is 0. The topological polar surface area (TPSA) is 87.6 Å². The van der Waals surface area contributed by atoms with E-state index in [4.69, 9.17) is 0 Å². The summed E-state index contributed by atoms with van der Waals surface area (Å²) in [6.07, 6.45) is 0. The fraction of sp³-hybridized carbons (Fsp3) is 1.00. The van der Waals surface area contributed by atoms with Gasteiger partial charge >= 0.3 is 88.7 Å². The molecule has 0 atom stereocenters. The predicted octanol–water partition coefficient (Wildman–Crippen LogP) is -11.7. The molecule has 0 unspecified atom stereocenters. The van der Waals surface area contributed by atoms with E-state index >= 15 is 0 Å². The zero-order valence-corrected chi connectivity index (χ0v) is 17.0. The fourth-order valence-corrected chi connectivity index (χ4v) is 1.58. The second kappa shape index (κ2) is 10.4. The van der Waals surface area contributed by atoms with E-state index in [1.165, 1.54) is 0 Å². The third-order valence-electron chi connectivity index (χ3n) is 0.394. The van der Waals surface area contributed by atoms with Gasteiger partial charge in [-0.3, -0.25) is 0 Å². The normalized spacial score (nSPS) is 10.6. The Labute approximate surface area is 147 Å². The summed E-state index contributed by atoms with van der Waals surface area (Å²) in [5.41, 5.74) is 0. The van der Waals surface area contributed by atoms with E-state index in [2.05, 4.69) is 9.15 Å². The van der Waals surface area contributed by atoms with Gasteiger partial charge in [0.15, 0.2) is 0 Å². The molecular weight excluding hydrogens is 241 g/mol. The SMILES string of the molecule is C[Si](C)(C)OO[Si]([O-])([O-])[O-].[Na+].[Na+].[Na+]. The van der Waals surface area contributed by atoms with Gasteiger partial charge < -0.3 is 23.5 Å². The molecule has 0 aliphatic carbocycles. The molecule has 13 heavy (non-hydrogen) atoms. The van der Waals surface area contributed by atoms with Gasteiger partial charge in [-0.05, 0) is 19.6 Å². The van der Waals surface area contributed by atoms with E-state index in [0.717, 1.165) is 0 Å². The quantitative estimate of drug-likeness (QED) is 0.282. The van der Waals surface area contributed by atoms with Crippen molar-refractivity contribution in [3.05, 3.63) is 0 Å². The molecule has 5 nitrogen and oxygen atoms in total. The molecule has 10 heteroatoms. The summed E-state index contributed by atoms with van der Waals surface area (Å²) in [5.74, 6) is 0. The summed E-state index contributed by atoms with van der Waals surface area (Å²) in [4.78, 5) is 29.6. The average Bonchev–Trinajstić information content (AvgIpc) is 1.57. The summed E-state index contributed by atoms with van der Waals surface area (Å²) in [7, 11) is -7.26. The first kappa shape index (κ1) is 25.2. The Morgan fingerprint density at radius 3 is 1.15 bits per heavy atom. The molecule has 0 saturated carbocycles. The van der Waals surface area contributed by atoms with Crippen molar-refractivity contribution in [3.63, 3.8) is 0 Å². The summed E-state index contributed by atoms with van der Waals surface area (Å²) in [6, 6.07) is 0. The van der Waals surface area contributed by atoms with E-state index in [1.807, 2.05) is 0 Å². The van der Waals surface area contributed by atoms with Gasteiger partial charge in [0, 0.05) is 0 Å². The summed E-state index contributed by atoms with van der Waals surface area (Å²) < 4.78 is 7.98. The largest absolute Gasteiger partial charge is 1.00 e. The van der Waals surface area contributed by atoms with Crippen LogP contribution in [-0.4, -0.2) is 17.4 Å². The molecule has 0 aromatic heterocycles. The minimum Gasteiger partial charge on any atom is -0.859 e. The van der Waals surface area contributed by atoms with Gasteiger partial charge in [0.1, 0.15) is 0 Å². The molecule has 0 radical (unpaired) electrons. The number of hydrogen-bond donors (Lipinski definition) is 0. The molecule has 62 valence electrons. The number of rotatable bonds is 3. The van der Waals surface area contributed by atoms with Crippen LogP contribution < -0.4 is 103 Å². The van der Waals surface area contributed by atoms with Crippen LogP contribution in [0, 0.1) is 0 Å². The minimum absolute atomic E-state index is 0. The Morgan fingerprint density at radius 1 is 0.769 bits per heavy atom.